The summed E-state index contributed by atoms with van der Waals surface area (Å²) in [5, 5.41) is 0. The molecule has 0 aliphatic carbocycles. The van der Waals surface area contributed by atoms with Crippen LogP contribution in [0.4, 0.5) is 0 Å². The van der Waals surface area contributed by atoms with Crippen LogP contribution in [0.25, 0.3) is 0 Å². The normalized spacial score (nSPS) is 11.6. The van der Waals surface area contributed by atoms with Crippen LogP contribution in [-0.2, 0) is 14.9 Å². The van der Waals surface area contributed by atoms with E-state index in [-0.39, 0.29) is 35.1 Å². The number of carbonyl (C=O) groups is 1. The molecule has 0 aromatic rings. The quantitative estimate of drug-likeness (QED) is 0.388. The van der Waals surface area contributed by atoms with E-state index in [0.717, 1.165) is 0 Å². The van der Waals surface area contributed by atoms with Crippen LogP contribution in [0.5, 0.6) is 0 Å². The molecule has 1 radical (unpaired) electrons. The molecule has 0 fully saturated rings. The number of primary amides is 1. The molecule has 0 atom stereocenters. The van der Waals surface area contributed by atoms with Crippen LogP contribution in [0.2, 0.25) is 0 Å². The van der Waals surface area contributed by atoms with Gasteiger partial charge >= 0.3 is 0 Å². The average Bonchev–Trinajstić information content (AvgIpc) is 1.80. The number of amides is 1. The molecule has 5 nitrogen and oxygen atoms in total. The van der Waals surface area contributed by atoms with E-state index in [2.05, 4.69) is 6.58 Å². The molecule has 0 aromatic carbocycles. The zero-order valence-corrected chi connectivity index (χ0v) is 11.4. The van der Waals surface area contributed by atoms with Gasteiger partial charge in [-0.1, -0.05) is 20.4 Å². The van der Waals surface area contributed by atoms with Crippen molar-refractivity contribution in [2.45, 2.75) is 13.8 Å². The Kier molecular flexibility index (Phi) is 6.23. The van der Waals surface area contributed by atoms with E-state index in [9.17, 15) is 13.2 Å². The summed E-state index contributed by atoms with van der Waals surface area (Å²) in [7, 11) is -4.13. The first-order chi connectivity index (χ1) is 5.56. The molecule has 0 aromatic heterocycles. The predicted octanol–water partition coefficient (Wildman–Crippen LogP) is -0.439. The van der Waals surface area contributed by atoms with Crippen LogP contribution in [0, 0.1) is 5.41 Å². The van der Waals surface area contributed by atoms with Crippen LogP contribution in [0.1, 0.15) is 13.8 Å². The Hall–Kier alpha value is 0.120. The monoisotopic (exact) mass is 230 g/mol. The van der Waals surface area contributed by atoms with Crippen molar-refractivity contribution in [1.82, 2.24) is 0 Å². The number of nitrogens with two attached hydrogens (primary N) is 1. The number of rotatable bonds is 4. The molecule has 0 spiro atoms. The molecule has 7 heteroatoms. The molecule has 0 aliphatic rings. The summed E-state index contributed by atoms with van der Waals surface area (Å²) >= 11 is 0. The molecule has 0 unspecified atom stereocenters. The van der Waals surface area contributed by atoms with E-state index in [1.165, 1.54) is 13.8 Å². The molecule has 0 saturated heterocycles. The molecule has 1 amide bonds. The Labute approximate surface area is 106 Å². The van der Waals surface area contributed by atoms with Gasteiger partial charge in [-0.05, 0) is 0 Å². The Bertz CT molecular complexity index is 334. The third-order valence-corrected chi connectivity index (χ3v) is 2.74. The molecule has 0 bridgehead atoms. The Morgan fingerprint density at radius 1 is 1.50 bits per heavy atom. The Morgan fingerprint density at radius 3 is 2.07 bits per heavy atom. The second kappa shape index (κ2) is 5.27. The first-order valence-electron chi connectivity index (χ1n) is 3.50. The maximum absolute atomic E-state index is 10.7. The van der Waals surface area contributed by atoms with Gasteiger partial charge in [0.15, 0.2) is 0 Å². The summed E-state index contributed by atoms with van der Waals surface area (Å²) in [6.07, 6.45) is 0. The van der Waals surface area contributed by atoms with E-state index in [0.29, 0.717) is 0 Å². The standard InChI is InChI=1S/C7H13NO4S.Na/c1-5(6(8)9)7(2,3)4-13(10,11)12;/h1,4H2,2-3H3,(H2,8,9)(H,10,11,12);. The van der Waals surface area contributed by atoms with Crippen molar-refractivity contribution in [2.75, 3.05) is 5.75 Å². The van der Waals surface area contributed by atoms with E-state index >= 15 is 0 Å². The molecule has 0 heterocycles. The van der Waals surface area contributed by atoms with Crippen molar-refractivity contribution in [1.29, 1.82) is 0 Å². The summed E-state index contributed by atoms with van der Waals surface area (Å²) in [6.45, 7) is 6.29. The smallest absolute Gasteiger partial charge is 0.265 e. The fourth-order valence-corrected chi connectivity index (χ4v) is 1.96. The summed E-state index contributed by atoms with van der Waals surface area (Å²) in [5.41, 5.74) is 3.86. The summed E-state index contributed by atoms with van der Waals surface area (Å²) < 4.78 is 29.6. The maximum Gasteiger partial charge on any atom is 0.265 e. The van der Waals surface area contributed by atoms with Gasteiger partial charge in [-0.3, -0.25) is 9.35 Å². The van der Waals surface area contributed by atoms with Crippen LogP contribution in [-0.4, -0.2) is 54.2 Å². The van der Waals surface area contributed by atoms with Gasteiger partial charge in [0.2, 0.25) is 5.91 Å². The molecular weight excluding hydrogens is 217 g/mol. The fourth-order valence-electron chi connectivity index (χ4n) is 0.877. The first kappa shape index (κ1) is 16.5. The van der Waals surface area contributed by atoms with Gasteiger partial charge in [-0.25, -0.2) is 0 Å². The molecule has 0 saturated carbocycles. The first-order valence-corrected chi connectivity index (χ1v) is 5.11. The van der Waals surface area contributed by atoms with Gasteiger partial charge in [0, 0.05) is 40.5 Å². The molecule has 0 rings (SSSR count). The third kappa shape index (κ3) is 5.77. The minimum Gasteiger partial charge on any atom is -0.366 e. The molecule has 3 N–H and O–H groups in total. The Morgan fingerprint density at radius 2 is 1.86 bits per heavy atom. The zero-order valence-electron chi connectivity index (χ0n) is 8.57. The average molecular weight is 230 g/mol. The molecular formula is C7H13NNaO4S. The van der Waals surface area contributed by atoms with E-state index in [1.54, 1.807) is 0 Å². The number of hydrogen-bond acceptors (Lipinski definition) is 3. The van der Waals surface area contributed by atoms with E-state index < -0.39 is 27.2 Å². The molecule has 0 aliphatic heterocycles. The van der Waals surface area contributed by atoms with Gasteiger partial charge in [0.25, 0.3) is 10.1 Å². The van der Waals surface area contributed by atoms with Crippen molar-refractivity contribution in [3.8, 4) is 0 Å². The van der Waals surface area contributed by atoms with Crippen molar-refractivity contribution in [3.05, 3.63) is 12.2 Å². The van der Waals surface area contributed by atoms with E-state index in [4.69, 9.17) is 10.3 Å². The van der Waals surface area contributed by atoms with Crippen LogP contribution in [0.3, 0.4) is 0 Å². The second-order valence-corrected chi connectivity index (χ2v) is 4.91. The SMILES string of the molecule is C=C(C(N)=O)C(C)(C)CS(=O)(=O)O.[Na]. The number of hydrogen-bond donors (Lipinski definition) is 2. The van der Waals surface area contributed by atoms with Crippen LogP contribution in [0.15, 0.2) is 12.2 Å². The van der Waals surface area contributed by atoms with Crippen molar-refractivity contribution < 1.29 is 17.8 Å². The second-order valence-electron chi connectivity index (χ2n) is 3.45. The van der Waals surface area contributed by atoms with Gasteiger partial charge in [0.05, 0.1) is 5.75 Å². The molecule has 14 heavy (non-hydrogen) atoms. The van der Waals surface area contributed by atoms with E-state index in [1.807, 2.05) is 0 Å². The fraction of sp³-hybridized carbons (Fsp3) is 0.571. The number of carbonyl (C=O) groups excluding carboxylic acids is 1. The van der Waals surface area contributed by atoms with Gasteiger partial charge in [0.1, 0.15) is 0 Å². The topological polar surface area (TPSA) is 97.5 Å². The van der Waals surface area contributed by atoms with Gasteiger partial charge < -0.3 is 5.73 Å². The third-order valence-electron chi connectivity index (χ3n) is 1.66. The minimum absolute atomic E-state index is 0. The molecule has 77 valence electrons. The van der Waals surface area contributed by atoms with Crippen LogP contribution < -0.4 is 5.73 Å². The maximum atomic E-state index is 10.7. The summed E-state index contributed by atoms with van der Waals surface area (Å²) in [5.74, 6) is -1.34. The summed E-state index contributed by atoms with van der Waals surface area (Å²) in [4.78, 5) is 10.7. The zero-order chi connectivity index (χ0) is 10.9. The van der Waals surface area contributed by atoms with Crippen molar-refractivity contribution >= 4 is 45.6 Å². The minimum atomic E-state index is -4.13. The Balaban J connectivity index is 0. The summed E-state index contributed by atoms with van der Waals surface area (Å²) in [6, 6.07) is 0. The van der Waals surface area contributed by atoms with Gasteiger partial charge in [-0.2, -0.15) is 8.42 Å². The van der Waals surface area contributed by atoms with Gasteiger partial charge in [-0.15, -0.1) is 0 Å². The van der Waals surface area contributed by atoms with Crippen molar-refractivity contribution in [3.63, 3.8) is 0 Å². The largest absolute Gasteiger partial charge is 0.366 e. The van der Waals surface area contributed by atoms with Crippen LogP contribution >= 0.6 is 0 Å². The predicted molar refractivity (Wildman–Crippen MR) is 54.3 cm³/mol. The van der Waals surface area contributed by atoms with Crippen molar-refractivity contribution in [2.24, 2.45) is 11.1 Å².